The number of rotatable bonds is 14. The Morgan fingerprint density at radius 3 is 2.39 bits per heavy atom. The van der Waals surface area contributed by atoms with Crippen molar-refractivity contribution >= 4 is 23.7 Å². The van der Waals surface area contributed by atoms with Crippen molar-refractivity contribution in [3.05, 3.63) is 12.7 Å². The average molecular weight is 398 g/mol. The molecule has 1 aliphatic heterocycles. The van der Waals surface area contributed by atoms with Gasteiger partial charge >= 0.3 is 5.97 Å². The first-order valence-electron chi connectivity index (χ1n) is 10.0. The van der Waals surface area contributed by atoms with Crippen molar-refractivity contribution in [1.82, 2.24) is 10.4 Å². The van der Waals surface area contributed by atoms with Crippen LogP contribution in [0.15, 0.2) is 12.7 Å². The zero-order chi connectivity index (χ0) is 21.0. The van der Waals surface area contributed by atoms with Crippen LogP contribution >= 0.6 is 0 Å². The summed E-state index contributed by atoms with van der Waals surface area (Å²) in [5, 5.41) is 3.10. The number of carbonyl (C=O) groups excluding carboxylic acids is 4. The summed E-state index contributed by atoms with van der Waals surface area (Å²) in [7, 11) is 0. The van der Waals surface area contributed by atoms with Crippen molar-refractivity contribution in [3.8, 4) is 0 Å². The molecule has 3 amide bonds. The summed E-state index contributed by atoms with van der Waals surface area (Å²) in [6, 6.07) is 0. The van der Waals surface area contributed by atoms with Gasteiger partial charge < -0.3 is 10.2 Å². The van der Waals surface area contributed by atoms with Crippen LogP contribution in [0.2, 0.25) is 0 Å². The van der Waals surface area contributed by atoms with E-state index in [1.54, 1.807) is 0 Å². The van der Waals surface area contributed by atoms with E-state index in [9.17, 15) is 23.6 Å². The third kappa shape index (κ3) is 7.78. The van der Waals surface area contributed by atoms with Crippen molar-refractivity contribution in [1.29, 1.82) is 0 Å². The van der Waals surface area contributed by atoms with Gasteiger partial charge in [0.15, 0.2) is 0 Å². The molecule has 0 aromatic carbocycles. The Bertz CT molecular complexity index is 565. The Morgan fingerprint density at radius 2 is 1.79 bits per heavy atom. The van der Waals surface area contributed by atoms with Crippen LogP contribution in [0.4, 0.5) is 4.39 Å². The van der Waals surface area contributed by atoms with Crippen LogP contribution in [0.3, 0.4) is 0 Å². The normalized spacial score (nSPS) is 16.0. The number of amides is 3. The largest absolute Gasteiger partial charge is 0.353 e. The molecule has 1 rings (SSSR count). The van der Waals surface area contributed by atoms with E-state index < -0.39 is 29.4 Å². The van der Waals surface area contributed by atoms with E-state index in [1.807, 2.05) is 0 Å². The highest BCUT2D eigenvalue weighted by Gasteiger charge is 2.34. The predicted molar refractivity (Wildman–Crippen MR) is 101 cm³/mol. The molecule has 1 heterocycles. The standard InChI is InChI=1S/C20H31FN2O5/c1-3-5-6-9-14-20(21,4-2)19(27)22-15-10-7-8-11-18(26)28-23-16(24)12-13-17(23)25/h4H,2-3,5-15H2,1H3,(H,22,27). The summed E-state index contributed by atoms with van der Waals surface area (Å²) in [6.07, 6.45) is 6.60. The summed E-state index contributed by atoms with van der Waals surface area (Å²) in [5.74, 6) is -2.33. The van der Waals surface area contributed by atoms with Gasteiger partial charge in [0.25, 0.3) is 17.7 Å². The molecular weight excluding hydrogens is 367 g/mol. The van der Waals surface area contributed by atoms with Gasteiger partial charge in [-0.1, -0.05) is 39.2 Å². The number of hydrogen-bond acceptors (Lipinski definition) is 5. The molecule has 0 radical (unpaired) electrons. The summed E-state index contributed by atoms with van der Waals surface area (Å²) in [4.78, 5) is 51.2. The average Bonchev–Trinajstić information content (AvgIpc) is 2.99. The topological polar surface area (TPSA) is 92.8 Å². The Kier molecular flexibility index (Phi) is 10.4. The van der Waals surface area contributed by atoms with Crippen LogP contribution < -0.4 is 5.32 Å². The zero-order valence-electron chi connectivity index (χ0n) is 16.6. The van der Waals surface area contributed by atoms with E-state index in [0.29, 0.717) is 37.3 Å². The second kappa shape index (κ2) is 12.3. The monoisotopic (exact) mass is 398 g/mol. The van der Waals surface area contributed by atoms with Crippen molar-refractivity contribution in [2.45, 2.75) is 83.2 Å². The minimum atomic E-state index is -2.05. The SMILES string of the molecule is C=CC(F)(CCCCCC)C(=O)NCCCCCC(=O)ON1C(=O)CCC1=O. The van der Waals surface area contributed by atoms with Crippen LogP contribution in [0.5, 0.6) is 0 Å². The number of hydroxylamine groups is 2. The number of alkyl halides is 1. The van der Waals surface area contributed by atoms with Gasteiger partial charge in [-0.05, 0) is 31.8 Å². The van der Waals surface area contributed by atoms with Crippen LogP contribution in [0, 0.1) is 0 Å². The van der Waals surface area contributed by atoms with E-state index >= 15 is 0 Å². The minimum Gasteiger partial charge on any atom is -0.353 e. The maximum Gasteiger partial charge on any atom is 0.333 e. The van der Waals surface area contributed by atoms with Gasteiger partial charge in [-0.2, -0.15) is 0 Å². The quantitative estimate of drug-likeness (QED) is 0.276. The number of unbranched alkanes of at least 4 members (excludes halogenated alkanes) is 5. The molecule has 158 valence electrons. The van der Waals surface area contributed by atoms with Crippen molar-refractivity contribution in [3.63, 3.8) is 0 Å². The van der Waals surface area contributed by atoms with Gasteiger partial charge in [-0.3, -0.25) is 14.4 Å². The summed E-state index contributed by atoms with van der Waals surface area (Å²) < 4.78 is 14.6. The molecule has 28 heavy (non-hydrogen) atoms. The van der Waals surface area contributed by atoms with Gasteiger partial charge in [-0.15, -0.1) is 5.06 Å². The van der Waals surface area contributed by atoms with E-state index in [4.69, 9.17) is 4.84 Å². The predicted octanol–water partition coefficient (Wildman–Crippen LogP) is 3.13. The highest BCUT2D eigenvalue weighted by Crippen LogP contribution is 2.22. The highest BCUT2D eigenvalue weighted by molar-refractivity contribution is 6.01. The Labute approximate surface area is 165 Å². The lowest BCUT2D eigenvalue weighted by Gasteiger charge is -2.20. The summed E-state index contributed by atoms with van der Waals surface area (Å²) >= 11 is 0. The van der Waals surface area contributed by atoms with Crippen LogP contribution in [0.1, 0.15) is 77.6 Å². The van der Waals surface area contributed by atoms with Crippen LogP contribution in [0.25, 0.3) is 0 Å². The second-order valence-electron chi connectivity index (χ2n) is 6.99. The van der Waals surface area contributed by atoms with Gasteiger partial charge in [0.1, 0.15) is 0 Å². The number of carbonyl (C=O) groups is 4. The number of halogens is 1. The molecule has 1 unspecified atom stereocenters. The zero-order valence-corrected chi connectivity index (χ0v) is 16.6. The first kappa shape index (κ1) is 23.8. The number of imide groups is 1. The molecule has 0 spiro atoms. The summed E-state index contributed by atoms with van der Waals surface area (Å²) in [6.45, 7) is 5.80. The molecule has 1 aliphatic rings. The molecule has 1 saturated heterocycles. The summed E-state index contributed by atoms with van der Waals surface area (Å²) in [5.41, 5.74) is -2.05. The smallest absolute Gasteiger partial charge is 0.333 e. The van der Waals surface area contributed by atoms with Gasteiger partial charge in [0.2, 0.25) is 5.67 Å². The van der Waals surface area contributed by atoms with Gasteiger partial charge in [-0.25, -0.2) is 9.18 Å². The van der Waals surface area contributed by atoms with E-state index in [-0.39, 0.29) is 25.7 Å². The molecule has 0 saturated carbocycles. The Balaban J connectivity index is 2.17. The molecule has 0 aromatic heterocycles. The molecule has 0 bridgehead atoms. The van der Waals surface area contributed by atoms with Gasteiger partial charge in [0.05, 0.1) is 0 Å². The highest BCUT2D eigenvalue weighted by atomic mass is 19.1. The molecule has 0 aliphatic carbocycles. The van der Waals surface area contributed by atoms with Crippen LogP contribution in [-0.4, -0.2) is 41.0 Å². The lowest BCUT2D eigenvalue weighted by molar-refractivity contribution is -0.197. The fourth-order valence-electron chi connectivity index (χ4n) is 2.84. The third-order valence-electron chi connectivity index (χ3n) is 4.64. The third-order valence-corrected chi connectivity index (χ3v) is 4.64. The number of nitrogens with zero attached hydrogens (tertiary/aromatic N) is 1. The maximum atomic E-state index is 14.6. The first-order chi connectivity index (χ1) is 13.3. The minimum absolute atomic E-state index is 0.0577. The van der Waals surface area contributed by atoms with Crippen molar-refractivity contribution in [2.24, 2.45) is 0 Å². The molecule has 8 heteroatoms. The molecular formula is C20H31FN2O5. The fourth-order valence-corrected chi connectivity index (χ4v) is 2.84. The van der Waals surface area contributed by atoms with Gasteiger partial charge in [0, 0.05) is 25.8 Å². The molecule has 1 fully saturated rings. The van der Waals surface area contributed by atoms with Crippen LogP contribution in [-0.2, 0) is 24.0 Å². The Hall–Kier alpha value is -2.25. The number of hydrogen-bond donors (Lipinski definition) is 1. The lowest BCUT2D eigenvalue weighted by Crippen LogP contribution is -2.42. The maximum absolute atomic E-state index is 14.6. The van der Waals surface area contributed by atoms with E-state index in [1.165, 1.54) is 0 Å². The lowest BCUT2D eigenvalue weighted by atomic mass is 9.96. The van der Waals surface area contributed by atoms with Crippen molar-refractivity contribution in [2.75, 3.05) is 6.54 Å². The van der Waals surface area contributed by atoms with E-state index in [2.05, 4.69) is 18.8 Å². The molecule has 1 N–H and O–H groups in total. The second-order valence-corrected chi connectivity index (χ2v) is 6.99. The molecule has 0 aromatic rings. The molecule has 7 nitrogen and oxygen atoms in total. The molecule has 1 atom stereocenters. The first-order valence-corrected chi connectivity index (χ1v) is 10.0. The number of nitrogens with one attached hydrogen (secondary N) is 1. The van der Waals surface area contributed by atoms with E-state index in [0.717, 1.165) is 25.3 Å². The fraction of sp³-hybridized carbons (Fsp3) is 0.700. The van der Waals surface area contributed by atoms with Crippen molar-refractivity contribution < 1.29 is 28.4 Å². The Morgan fingerprint density at radius 1 is 1.14 bits per heavy atom.